The quantitative estimate of drug-likeness (QED) is 0.904. The van der Waals surface area contributed by atoms with Gasteiger partial charge in [-0.15, -0.1) is 11.3 Å². The summed E-state index contributed by atoms with van der Waals surface area (Å²) in [7, 11) is 0. The van der Waals surface area contributed by atoms with Gasteiger partial charge in [-0.1, -0.05) is 26.2 Å². The number of thiazole rings is 1. The summed E-state index contributed by atoms with van der Waals surface area (Å²) in [5.74, 6) is 0.915. The highest BCUT2D eigenvalue weighted by molar-refractivity contribution is 7.07. The van der Waals surface area contributed by atoms with Crippen molar-refractivity contribution >= 4 is 11.3 Å². The van der Waals surface area contributed by atoms with Gasteiger partial charge in [-0.2, -0.15) is 0 Å². The van der Waals surface area contributed by atoms with Crippen LogP contribution in [-0.2, 0) is 6.42 Å². The van der Waals surface area contributed by atoms with Gasteiger partial charge in [-0.05, 0) is 25.2 Å². The third kappa shape index (κ3) is 4.05. The van der Waals surface area contributed by atoms with Gasteiger partial charge in [0.1, 0.15) is 0 Å². The predicted octanol–water partition coefficient (Wildman–Crippen LogP) is 3.32. The fraction of sp³-hybridized carbons (Fsp3) is 0.824. The summed E-state index contributed by atoms with van der Waals surface area (Å²) < 4.78 is 0. The Morgan fingerprint density at radius 1 is 1.33 bits per heavy atom. The summed E-state index contributed by atoms with van der Waals surface area (Å²) in [5.41, 5.74) is 3.22. The van der Waals surface area contributed by atoms with Crippen LogP contribution in [0.2, 0.25) is 0 Å². The van der Waals surface area contributed by atoms with E-state index in [9.17, 15) is 0 Å². The van der Waals surface area contributed by atoms with Crippen LogP contribution < -0.4 is 5.32 Å². The first kappa shape index (κ1) is 15.4. The van der Waals surface area contributed by atoms with Gasteiger partial charge >= 0.3 is 0 Å². The van der Waals surface area contributed by atoms with Gasteiger partial charge in [0, 0.05) is 43.5 Å². The van der Waals surface area contributed by atoms with Crippen molar-refractivity contribution in [3.05, 3.63) is 16.6 Å². The van der Waals surface area contributed by atoms with E-state index >= 15 is 0 Å². The lowest BCUT2D eigenvalue weighted by Gasteiger charge is -2.43. The average Bonchev–Trinajstić information content (AvgIpc) is 3.07. The first-order valence-electron chi connectivity index (χ1n) is 8.71. The molecule has 3 rings (SSSR count). The van der Waals surface area contributed by atoms with Crippen molar-refractivity contribution in [1.29, 1.82) is 0 Å². The molecule has 0 spiro atoms. The van der Waals surface area contributed by atoms with Crippen LogP contribution >= 0.6 is 11.3 Å². The van der Waals surface area contributed by atoms with E-state index in [1.165, 1.54) is 63.9 Å². The Kier molecular flexibility index (Phi) is 5.67. The molecule has 2 atom stereocenters. The zero-order valence-electron chi connectivity index (χ0n) is 13.3. The fourth-order valence-corrected chi connectivity index (χ4v) is 4.62. The molecule has 1 aromatic rings. The molecule has 1 saturated heterocycles. The second-order valence-corrected chi connectivity index (χ2v) is 7.42. The van der Waals surface area contributed by atoms with Crippen molar-refractivity contribution in [3.63, 3.8) is 0 Å². The number of nitrogens with zero attached hydrogens (tertiary/aromatic N) is 2. The number of hydrogen-bond donors (Lipinski definition) is 1. The van der Waals surface area contributed by atoms with Gasteiger partial charge in [0.15, 0.2) is 0 Å². The molecule has 2 aliphatic rings. The number of nitrogens with one attached hydrogen (secondary N) is 1. The van der Waals surface area contributed by atoms with Crippen LogP contribution in [0.15, 0.2) is 10.9 Å². The third-order valence-electron chi connectivity index (χ3n) is 5.39. The highest BCUT2D eigenvalue weighted by Crippen LogP contribution is 2.28. The van der Waals surface area contributed by atoms with Gasteiger partial charge in [0.25, 0.3) is 0 Å². The van der Waals surface area contributed by atoms with E-state index in [2.05, 4.69) is 27.5 Å². The topological polar surface area (TPSA) is 28.2 Å². The number of rotatable bonds is 5. The highest BCUT2D eigenvalue weighted by Gasteiger charge is 2.31. The van der Waals surface area contributed by atoms with Crippen LogP contribution in [0.25, 0.3) is 0 Å². The Morgan fingerprint density at radius 2 is 2.19 bits per heavy atom. The second-order valence-electron chi connectivity index (χ2n) is 6.70. The second kappa shape index (κ2) is 7.70. The molecule has 2 unspecified atom stereocenters. The lowest BCUT2D eigenvalue weighted by atomic mass is 9.82. The molecule has 3 nitrogen and oxygen atoms in total. The Morgan fingerprint density at radius 3 is 2.90 bits per heavy atom. The molecule has 2 heterocycles. The molecule has 0 bridgehead atoms. The van der Waals surface area contributed by atoms with E-state index in [-0.39, 0.29) is 0 Å². The zero-order chi connectivity index (χ0) is 14.5. The van der Waals surface area contributed by atoms with Crippen molar-refractivity contribution in [1.82, 2.24) is 15.2 Å². The largest absolute Gasteiger partial charge is 0.311 e. The molecular formula is C17H29N3S. The van der Waals surface area contributed by atoms with Crippen LogP contribution in [0.5, 0.6) is 0 Å². The van der Waals surface area contributed by atoms with Crippen LogP contribution in [0, 0.1) is 5.92 Å². The first-order valence-corrected chi connectivity index (χ1v) is 9.65. The van der Waals surface area contributed by atoms with E-state index in [1.54, 1.807) is 11.3 Å². The molecule has 1 saturated carbocycles. The van der Waals surface area contributed by atoms with E-state index in [0.29, 0.717) is 6.04 Å². The van der Waals surface area contributed by atoms with Crippen LogP contribution in [0.4, 0.5) is 0 Å². The summed E-state index contributed by atoms with van der Waals surface area (Å²) in [6, 6.07) is 1.44. The Balaban J connectivity index is 1.55. The Bertz CT molecular complexity index is 400. The molecule has 0 amide bonds. The average molecular weight is 308 g/mol. The molecule has 0 radical (unpaired) electrons. The van der Waals surface area contributed by atoms with Crippen LogP contribution in [0.1, 0.15) is 51.1 Å². The summed E-state index contributed by atoms with van der Waals surface area (Å²) >= 11 is 1.71. The predicted molar refractivity (Wildman–Crippen MR) is 89.8 cm³/mol. The number of aromatic nitrogens is 1. The van der Waals surface area contributed by atoms with Gasteiger partial charge < -0.3 is 5.32 Å². The number of hydrogen-bond acceptors (Lipinski definition) is 4. The minimum atomic E-state index is 0.712. The molecule has 0 aromatic carbocycles. The molecule has 1 aromatic heterocycles. The SMILES string of the molecule is CCC1CNC(C2CCCCC2)CN1CCc1cscn1. The third-order valence-corrected chi connectivity index (χ3v) is 6.03. The van der Waals surface area contributed by atoms with E-state index in [4.69, 9.17) is 0 Å². The van der Waals surface area contributed by atoms with Crippen LogP contribution in [-0.4, -0.2) is 41.6 Å². The maximum absolute atomic E-state index is 4.44. The van der Waals surface area contributed by atoms with Crippen molar-refractivity contribution in [2.45, 2.75) is 64.0 Å². The molecular weight excluding hydrogens is 278 g/mol. The van der Waals surface area contributed by atoms with E-state index in [1.807, 2.05) is 5.51 Å². The van der Waals surface area contributed by atoms with Crippen molar-refractivity contribution in [2.24, 2.45) is 5.92 Å². The minimum Gasteiger partial charge on any atom is -0.311 e. The van der Waals surface area contributed by atoms with Crippen LogP contribution in [0.3, 0.4) is 0 Å². The molecule has 4 heteroatoms. The van der Waals surface area contributed by atoms with E-state index < -0.39 is 0 Å². The maximum Gasteiger partial charge on any atom is 0.0794 e. The summed E-state index contributed by atoms with van der Waals surface area (Å²) in [5, 5.41) is 6.05. The lowest BCUT2D eigenvalue weighted by Crippen LogP contribution is -2.59. The van der Waals surface area contributed by atoms with E-state index in [0.717, 1.165) is 18.4 Å². The smallest absolute Gasteiger partial charge is 0.0794 e. The molecule has 1 aliphatic heterocycles. The standard InChI is InChI=1S/C17H29N3S/c1-2-16-10-18-17(14-6-4-3-5-7-14)11-20(16)9-8-15-12-21-13-19-15/h12-14,16-18H,2-11H2,1H3. The monoisotopic (exact) mass is 307 g/mol. The lowest BCUT2D eigenvalue weighted by molar-refractivity contribution is 0.0945. The van der Waals surface area contributed by atoms with Gasteiger partial charge in [0.2, 0.25) is 0 Å². The molecule has 118 valence electrons. The molecule has 21 heavy (non-hydrogen) atoms. The van der Waals surface area contributed by atoms with Crippen molar-refractivity contribution in [2.75, 3.05) is 19.6 Å². The molecule has 1 aliphatic carbocycles. The fourth-order valence-electron chi connectivity index (χ4n) is 4.03. The normalized spacial score (nSPS) is 28.8. The minimum absolute atomic E-state index is 0.712. The summed E-state index contributed by atoms with van der Waals surface area (Å²) in [4.78, 5) is 7.17. The van der Waals surface area contributed by atoms with Gasteiger partial charge in [0.05, 0.1) is 11.2 Å². The van der Waals surface area contributed by atoms with Gasteiger partial charge in [-0.25, -0.2) is 4.98 Å². The van der Waals surface area contributed by atoms with Gasteiger partial charge in [-0.3, -0.25) is 4.90 Å². The molecule has 2 fully saturated rings. The molecule has 1 N–H and O–H groups in total. The zero-order valence-corrected chi connectivity index (χ0v) is 14.1. The first-order chi connectivity index (χ1) is 10.4. The Labute approximate surface area is 133 Å². The maximum atomic E-state index is 4.44. The number of piperazine rings is 1. The van der Waals surface area contributed by atoms with Crippen molar-refractivity contribution in [3.8, 4) is 0 Å². The summed E-state index contributed by atoms with van der Waals surface area (Å²) in [6.07, 6.45) is 9.58. The van der Waals surface area contributed by atoms with Crippen molar-refractivity contribution < 1.29 is 0 Å². The highest BCUT2D eigenvalue weighted by atomic mass is 32.1. The Hall–Kier alpha value is -0.450. The summed E-state index contributed by atoms with van der Waals surface area (Å²) in [6.45, 7) is 5.91.